The second-order valence-electron chi connectivity index (χ2n) is 8.21. The fourth-order valence-electron chi connectivity index (χ4n) is 3.47. The Bertz CT molecular complexity index is 1030. The second kappa shape index (κ2) is 10.9. The van der Waals surface area contributed by atoms with Crippen LogP contribution in [0.15, 0.2) is 60.7 Å². The van der Waals surface area contributed by atoms with Crippen molar-refractivity contribution in [3.05, 3.63) is 83.2 Å². The van der Waals surface area contributed by atoms with Gasteiger partial charge < -0.3 is 14.8 Å². The van der Waals surface area contributed by atoms with E-state index in [1.807, 2.05) is 69.3 Å². The van der Waals surface area contributed by atoms with Crippen molar-refractivity contribution >= 4 is 11.6 Å². The molecular weight excluding hydrogens is 400 g/mol. The average Bonchev–Trinajstić information content (AvgIpc) is 2.75. The summed E-state index contributed by atoms with van der Waals surface area (Å²) in [6, 6.07) is 19.2. The van der Waals surface area contributed by atoms with E-state index in [2.05, 4.69) is 36.3 Å². The third-order valence-corrected chi connectivity index (χ3v) is 5.23. The van der Waals surface area contributed by atoms with Crippen LogP contribution in [0.2, 0.25) is 0 Å². The van der Waals surface area contributed by atoms with Gasteiger partial charge in [-0.2, -0.15) is 0 Å². The lowest BCUT2D eigenvalue weighted by molar-refractivity contribution is 0.0761. The van der Waals surface area contributed by atoms with Gasteiger partial charge in [-0.1, -0.05) is 26.0 Å². The van der Waals surface area contributed by atoms with Gasteiger partial charge >= 0.3 is 0 Å². The van der Waals surface area contributed by atoms with Crippen molar-refractivity contribution in [2.24, 2.45) is 0 Å². The summed E-state index contributed by atoms with van der Waals surface area (Å²) in [6.45, 7) is 10.9. The Morgan fingerprint density at radius 2 is 1.56 bits per heavy atom. The summed E-state index contributed by atoms with van der Waals surface area (Å²) >= 11 is 0. The number of carbonyl (C=O) groups is 1. The number of nitrogens with one attached hydrogen (secondary N) is 1. The quantitative estimate of drug-likeness (QED) is 0.418. The molecule has 1 N–H and O–H groups in total. The molecule has 1 atom stereocenters. The summed E-state index contributed by atoms with van der Waals surface area (Å²) < 4.78 is 11.5. The van der Waals surface area contributed by atoms with Gasteiger partial charge in [0.1, 0.15) is 11.5 Å². The Hall–Kier alpha value is -3.18. The monoisotopic (exact) mass is 432 g/mol. The van der Waals surface area contributed by atoms with E-state index in [1.54, 1.807) is 0 Å². The fraction of sp³-hybridized carbons (Fsp3) is 0.333. The fourth-order valence-corrected chi connectivity index (χ4v) is 3.47. The number of hydrogen-bond acceptors (Lipinski definition) is 4. The number of pyridine rings is 1. The highest BCUT2D eigenvalue weighted by Gasteiger charge is 2.13. The van der Waals surface area contributed by atoms with E-state index < -0.39 is 0 Å². The Balaban J connectivity index is 1.60. The van der Waals surface area contributed by atoms with Gasteiger partial charge in [0.05, 0.1) is 17.4 Å². The van der Waals surface area contributed by atoms with Crippen LogP contribution >= 0.6 is 0 Å². The van der Waals surface area contributed by atoms with Crippen LogP contribution in [0, 0.1) is 6.92 Å². The zero-order valence-electron chi connectivity index (χ0n) is 19.5. The summed E-state index contributed by atoms with van der Waals surface area (Å²) in [6.07, 6.45) is 0.818. The van der Waals surface area contributed by atoms with Crippen LogP contribution in [0.25, 0.3) is 0 Å². The maximum absolute atomic E-state index is 12.7. The molecule has 1 aromatic heterocycles. The van der Waals surface area contributed by atoms with E-state index in [0.717, 1.165) is 17.9 Å². The average molecular weight is 433 g/mol. The minimum Gasteiger partial charge on any atom is -0.457 e. The molecule has 1 unspecified atom stereocenters. The molecule has 0 aliphatic rings. The predicted molar refractivity (Wildman–Crippen MR) is 129 cm³/mol. The Labute approximate surface area is 190 Å². The van der Waals surface area contributed by atoms with E-state index in [4.69, 9.17) is 9.47 Å². The molecule has 1 heterocycles. The molecular formula is C27H32N2O3. The molecule has 32 heavy (non-hydrogen) atoms. The topological polar surface area (TPSA) is 60.5 Å². The van der Waals surface area contributed by atoms with E-state index in [9.17, 15) is 4.79 Å². The van der Waals surface area contributed by atoms with Gasteiger partial charge in [0.25, 0.3) is 5.91 Å². The third-order valence-electron chi connectivity index (χ3n) is 5.23. The molecule has 0 radical (unpaired) electrons. The van der Waals surface area contributed by atoms with E-state index >= 15 is 0 Å². The van der Waals surface area contributed by atoms with Crippen molar-refractivity contribution in [3.63, 3.8) is 0 Å². The molecule has 3 rings (SSSR count). The van der Waals surface area contributed by atoms with Crippen LogP contribution in [0.4, 0.5) is 5.69 Å². The zero-order chi connectivity index (χ0) is 23.1. The van der Waals surface area contributed by atoms with E-state index in [-0.39, 0.29) is 12.0 Å². The van der Waals surface area contributed by atoms with Gasteiger partial charge in [0, 0.05) is 24.4 Å². The maximum Gasteiger partial charge on any atom is 0.257 e. The first-order chi connectivity index (χ1) is 15.4. The number of ether oxygens (including phenoxy) is 2. The van der Waals surface area contributed by atoms with Crippen LogP contribution in [-0.2, 0) is 11.2 Å². The summed E-state index contributed by atoms with van der Waals surface area (Å²) in [5.74, 6) is 1.80. The first kappa shape index (κ1) is 23.5. The molecule has 3 aromatic rings. The SMILES string of the molecule is CCOC(C)Cc1ccc(C(=O)Nc2ccc(Oc3ccc(C(C)C)cc3)cc2)c(C)n1. The lowest BCUT2D eigenvalue weighted by Gasteiger charge is -2.13. The number of aryl methyl sites for hydroxylation is 1. The number of benzene rings is 2. The minimum absolute atomic E-state index is 0.0976. The van der Waals surface area contributed by atoms with Crippen molar-refractivity contribution in [2.75, 3.05) is 11.9 Å². The molecule has 2 aromatic carbocycles. The molecule has 5 nitrogen and oxygen atoms in total. The predicted octanol–water partition coefficient (Wildman–Crippen LogP) is 6.53. The Morgan fingerprint density at radius 1 is 0.938 bits per heavy atom. The number of hydrogen-bond donors (Lipinski definition) is 1. The lowest BCUT2D eigenvalue weighted by atomic mass is 10.0. The van der Waals surface area contributed by atoms with Crippen LogP contribution in [0.5, 0.6) is 11.5 Å². The molecule has 0 aliphatic carbocycles. The maximum atomic E-state index is 12.7. The van der Waals surface area contributed by atoms with Gasteiger partial charge in [0.15, 0.2) is 0 Å². The van der Waals surface area contributed by atoms with E-state index in [1.165, 1.54) is 5.56 Å². The number of rotatable bonds is 9. The molecule has 0 bridgehead atoms. The Kier molecular flexibility index (Phi) is 8.01. The van der Waals surface area contributed by atoms with Crippen LogP contribution in [-0.4, -0.2) is 23.6 Å². The molecule has 168 valence electrons. The number of amides is 1. The van der Waals surface area contributed by atoms with Crippen molar-refractivity contribution in [1.29, 1.82) is 0 Å². The molecule has 1 amide bonds. The van der Waals surface area contributed by atoms with E-state index in [0.29, 0.717) is 35.2 Å². The van der Waals surface area contributed by atoms with Crippen molar-refractivity contribution in [3.8, 4) is 11.5 Å². The molecule has 0 aliphatic heterocycles. The highest BCUT2D eigenvalue weighted by atomic mass is 16.5. The van der Waals surface area contributed by atoms with Crippen LogP contribution in [0.1, 0.15) is 60.9 Å². The summed E-state index contributed by atoms with van der Waals surface area (Å²) in [7, 11) is 0. The van der Waals surface area contributed by atoms with Crippen molar-refractivity contribution in [2.45, 2.75) is 53.1 Å². The normalized spacial score (nSPS) is 11.9. The molecule has 5 heteroatoms. The standard InChI is InChI=1S/C27H32N2O3/c1-6-31-19(4)17-23-11-16-26(20(5)28-23)27(30)29-22-9-14-25(15-10-22)32-24-12-7-21(8-13-24)18(2)3/h7-16,18-19H,6,17H2,1-5H3,(H,29,30). The summed E-state index contributed by atoms with van der Waals surface area (Å²) in [4.78, 5) is 17.3. The van der Waals surface area contributed by atoms with Crippen LogP contribution < -0.4 is 10.1 Å². The largest absolute Gasteiger partial charge is 0.457 e. The van der Waals surface area contributed by atoms with Crippen LogP contribution in [0.3, 0.4) is 0 Å². The first-order valence-corrected chi connectivity index (χ1v) is 11.1. The van der Waals surface area contributed by atoms with Gasteiger partial charge in [0.2, 0.25) is 0 Å². The van der Waals surface area contributed by atoms with Gasteiger partial charge in [-0.25, -0.2) is 0 Å². The van der Waals surface area contributed by atoms with Gasteiger partial charge in [-0.15, -0.1) is 0 Å². The highest BCUT2D eigenvalue weighted by Crippen LogP contribution is 2.25. The smallest absolute Gasteiger partial charge is 0.257 e. The second-order valence-corrected chi connectivity index (χ2v) is 8.21. The number of aromatic nitrogens is 1. The number of carbonyl (C=O) groups excluding carboxylic acids is 1. The van der Waals surface area contributed by atoms with Crippen molar-refractivity contribution in [1.82, 2.24) is 4.98 Å². The Morgan fingerprint density at radius 3 is 2.12 bits per heavy atom. The third kappa shape index (κ3) is 6.41. The molecule has 0 fully saturated rings. The minimum atomic E-state index is -0.183. The lowest BCUT2D eigenvalue weighted by Crippen LogP contribution is -2.16. The highest BCUT2D eigenvalue weighted by molar-refractivity contribution is 6.05. The summed E-state index contributed by atoms with van der Waals surface area (Å²) in [5.41, 5.74) is 4.16. The molecule has 0 saturated carbocycles. The number of nitrogens with zero attached hydrogens (tertiary/aromatic N) is 1. The van der Waals surface area contributed by atoms with Crippen molar-refractivity contribution < 1.29 is 14.3 Å². The molecule has 0 saturated heterocycles. The zero-order valence-corrected chi connectivity index (χ0v) is 19.5. The van der Waals surface area contributed by atoms with Gasteiger partial charge in [-0.3, -0.25) is 9.78 Å². The number of anilines is 1. The van der Waals surface area contributed by atoms with Gasteiger partial charge in [-0.05, 0) is 80.8 Å². The molecule has 0 spiro atoms. The first-order valence-electron chi connectivity index (χ1n) is 11.1. The summed E-state index contributed by atoms with van der Waals surface area (Å²) in [5, 5.41) is 2.93.